The second-order valence-electron chi connectivity index (χ2n) is 1.02. The van der Waals surface area contributed by atoms with Gasteiger partial charge in [-0.1, -0.05) is 5.73 Å². The Morgan fingerprint density at radius 3 is 2.33 bits per heavy atom. The fourth-order valence-corrected chi connectivity index (χ4v) is 0.209. The molecule has 0 rings (SSSR count). The highest BCUT2D eigenvalue weighted by molar-refractivity contribution is 4.84. The molecule has 1 nitrogen and oxygen atoms in total. The molecule has 0 bridgehead atoms. The molecule has 1 N–H and O–H groups in total. The Morgan fingerprint density at radius 1 is 1.83 bits per heavy atom. The maximum atomic E-state index is 8.33. The smallest absolute Gasteiger partial charge is 0.131 e. The minimum Gasteiger partial charge on any atom is -0.505 e. The summed E-state index contributed by atoms with van der Waals surface area (Å²) in [6, 6.07) is 0. The first-order valence-corrected chi connectivity index (χ1v) is 1.84. The maximum absolute atomic E-state index is 8.33. The molecule has 0 saturated heterocycles. The van der Waals surface area contributed by atoms with Crippen LogP contribution < -0.4 is 0 Å². The highest BCUT2D eigenvalue weighted by atomic mass is 16.3. The van der Waals surface area contributed by atoms with Gasteiger partial charge in [-0.15, -0.1) is 0 Å². The van der Waals surface area contributed by atoms with Crippen LogP contribution in [-0.4, -0.2) is 5.11 Å². The normalized spacial score (nSPS) is 6.33. The van der Waals surface area contributed by atoms with Crippen LogP contribution in [0, 0.1) is 0 Å². The summed E-state index contributed by atoms with van der Waals surface area (Å²) in [5.74, 6) is 0.234. The standard InChI is InChI=1S/C5H8O/c1-3-4-5(2)6/h3,6H,1-2H3. The first kappa shape index (κ1) is 5.32. The molecular weight excluding hydrogens is 76.1 g/mol. The van der Waals surface area contributed by atoms with Gasteiger partial charge >= 0.3 is 0 Å². The van der Waals surface area contributed by atoms with Gasteiger partial charge in [0.25, 0.3) is 0 Å². The third-order valence-electron chi connectivity index (χ3n) is 0.353. The molecule has 6 heavy (non-hydrogen) atoms. The van der Waals surface area contributed by atoms with E-state index in [4.69, 9.17) is 5.11 Å². The van der Waals surface area contributed by atoms with Crippen LogP contribution >= 0.6 is 0 Å². The van der Waals surface area contributed by atoms with E-state index in [0.717, 1.165) is 0 Å². The maximum Gasteiger partial charge on any atom is 0.131 e. The van der Waals surface area contributed by atoms with Crippen molar-refractivity contribution in [1.82, 2.24) is 0 Å². The fourth-order valence-electron chi connectivity index (χ4n) is 0.209. The first-order valence-electron chi connectivity index (χ1n) is 1.84. The van der Waals surface area contributed by atoms with Crippen molar-refractivity contribution in [2.24, 2.45) is 0 Å². The predicted molar refractivity (Wildman–Crippen MR) is 25.6 cm³/mol. The van der Waals surface area contributed by atoms with Gasteiger partial charge in [-0.2, -0.15) is 0 Å². The number of aliphatic hydroxyl groups excluding tert-OH is 1. The summed E-state index contributed by atoms with van der Waals surface area (Å²) >= 11 is 0. The van der Waals surface area contributed by atoms with Crippen molar-refractivity contribution >= 4 is 0 Å². The van der Waals surface area contributed by atoms with Gasteiger partial charge in [-0.05, 0) is 13.0 Å². The predicted octanol–water partition coefficient (Wildman–Crippen LogP) is 1.62. The van der Waals surface area contributed by atoms with E-state index in [1.165, 1.54) is 0 Å². The zero-order valence-corrected chi connectivity index (χ0v) is 4.02. The second-order valence-corrected chi connectivity index (χ2v) is 1.02. The summed E-state index contributed by atoms with van der Waals surface area (Å²) in [6.07, 6.45) is 1.66. The SMILES string of the molecule is CC=C=C(C)O. The van der Waals surface area contributed by atoms with Crippen LogP contribution in [0.1, 0.15) is 13.8 Å². The molecule has 0 aromatic carbocycles. The molecule has 0 radical (unpaired) electrons. The number of allylic oxidation sites excluding steroid dienone is 1. The Bertz CT molecular complexity index is 82.1. The van der Waals surface area contributed by atoms with Crippen molar-refractivity contribution < 1.29 is 5.11 Å². The van der Waals surface area contributed by atoms with E-state index in [9.17, 15) is 0 Å². The number of rotatable bonds is 0. The molecule has 0 aromatic rings. The lowest BCUT2D eigenvalue weighted by atomic mass is 10.5. The summed E-state index contributed by atoms with van der Waals surface area (Å²) in [6.45, 7) is 3.39. The first-order chi connectivity index (χ1) is 2.77. The zero-order valence-electron chi connectivity index (χ0n) is 4.02. The molecule has 34 valence electrons. The summed E-state index contributed by atoms with van der Waals surface area (Å²) in [7, 11) is 0. The van der Waals surface area contributed by atoms with E-state index in [1.54, 1.807) is 19.9 Å². The van der Waals surface area contributed by atoms with Crippen LogP contribution in [0.5, 0.6) is 0 Å². The van der Waals surface area contributed by atoms with Crippen molar-refractivity contribution in [2.45, 2.75) is 13.8 Å². The molecule has 0 atom stereocenters. The van der Waals surface area contributed by atoms with Crippen molar-refractivity contribution in [3.8, 4) is 0 Å². The van der Waals surface area contributed by atoms with Gasteiger partial charge in [0.1, 0.15) is 5.76 Å². The Balaban J connectivity index is 3.73. The molecule has 0 aromatic heterocycles. The molecule has 0 aliphatic carbocycles. The molecule has 0 unspecified atom stereocenters. The monoisotopic (exact) mass is 84.1 g/mol. The summed E-state index contributed by atoms with van der Waals surface area (Å²) in [4.78, 5) is 0. The van der Waals surface area contributed by atoms with Crippen molar-refractivity contribution in [3.63, 3.8) is 0 Å². The van der Waals surface area contributed by atoms with Gasteiger partial charge in [-0.25, -0.2) is 0 Å². The Labute approximate surface area is 37.6 Å². The van der Waals surface area contributed by atoms with Crippen molar-refractivity contribution in [3.05, 3.63) is 17.6 Å². The molecule has 0 amide bonds. The number of hydrogen-bond donors (Lipinski definition) is 1. The average Bonchev–Trinajstić information content (AvgIpc) is 1.35. The summed E-state index contributed by atoms with van der Waals surface area (Å²) < 4.78 is 0. The van der Waals surface area contributed by atoms with Crippen molar-refractivity contribution in [2.75, 3.05) is 0 Å². The molecule has 0 spiro atoms. The highest BCUT2D eigenvalue weighted by Crippen LogP contribution is 1.74. The minimum atomic E-state index is 0.234. The number of aliphatic hydroxyl groups is 1. The van der Waals surface area contributed by atoms with Gasteiger partial charge in [0.2, 0.25) is 0 Å². The molecule has 0 aliphatic rings. The fraction of sp³-hybridized carbons (Fsp3) is 0.400. The van der Waals surface area contributed by atoms with E-state index in [-0.39, 0.29) is 5.76 Å². The lowest BCUT2D eigenvalue weighted by molar-refractivity contribution is 0.416. The second kappa shape index (κ2) is 2.55. The third kappa shape index (κ3) is 3.32. The van der Waals surface area contributed by atoms with Gasteiger partial charge in [0.05, 0.1) is 0 Å². The van der Waals surface area contributed by atoms with E-state index in [1.807, 2.05) is 0 Å². The molecule has 0 heterocycles. The summed E-state index contributed by atoms with van der Waals surface area (Å²) in [5.41, 5.74) is 2.56. The lowest BCUT2D eigenvalue weighted by Crippen LogP contribution is -1.58. The topological polar surface area (TPSA) is 20.2 Å². The van der Waals surface area contributed by atoms with E-state index < -0.39 is 0 Å². The molecule has 0 saturated carbocycles. The number of hydrogen-bond acceptors (Lipinski definition) is 1. The zero-order chi connectivity index (χ0) is 4.99. The molecule has 0 fully saturated rings. The van der Waals surface area contributed by atoms with E-state index in [2.05, 4.69) is 5.73 Å². The largest absolute Gasteiger partial charge is 0.505 e. The van der Waals surface area contributed by atoms with Crippen LogP contribution in [0.4, 0.5) is 0 Å². The quantitative estimate of drug-likeness (QED) is 0.349. The van der Waals surface area contributed by atoms with Gasteiger partial charge < -0.3 is 5.11 Å². The third-order valence-corrected chi connectivity index (χ3v) is 0.353. The Morgan fingerprint density at radius 2 is 2.33 bits per heavy atom. The molecule has 1 heteroatoms. The average molecular weight is 84.1 g/mol. The van der Waals surface area contributed by atoms with Crippen LogP contribution in [-0.2, 0) is 0 Å². The highest BCUT2D eigenvalue weighted by Gasteiger charge is 1.62. The van der Waals surface area contributed by atoms with Gasteiger partial charge in [0, 0.05) is 6.92 Å². The molecular formula is C5H8O. The lowest BCUT2D eigenvalue weighted by Gasteiger charge is -1.71. The van der Waals surface area contributed by atoms with Crippen LogP contribution in [0.2, 0.25) is 0 Å². The summed E-state index contributed by atoms with van der Waals surface area (Å²) in [5, 5.41) is 8.33. The van der Waals surface area contributed by atoms with Crippen LogP contribution in [0.15, 0.2) is 17.6 Å². The Kier molecular flexibility index (Phi) is 2.26. The van der Waals surface area contributed by atoms with Crippen LogP contribution in [0.25, 0.3) is 0 Å². The van der Waals surface area contributed by atoms with E-state index >= 15 is 0 Å². The van der Waals surface area contributed by atoms with E-state index in [0.29, 0.717) is 0 Å². The Hall–Kier alpha value is -0.680. The van der Waals surface area contributed by atoms with Gasteiger partial charge in [-0.3, -0.25) is 0 Å². The van der Waals surface area contributed by atoms with Crippen molar-refractivity contribution in [1.29, 1.82) is 0 Å². The molecule has 0 aliphatic heterocycles. The van der Waals surface area contributed by atoms with Crippen LogP contribution in [0.3, 0.4) is 0 Å². The minimum absolute atomic E-state index is 0.234. The van der Waals surface area contributed by atoms with Gasteiger partial charge in [0.15, 0.2) is 0 Å².